The Hall–Kier alpha value is -3.63. The molecule has 1 saturated heterocycles. The van der Waals surface area contributed by atoms with Crippen molar-refractivity contribution in [2.45, 2.75) is 35.9 Å². The van der Waals surface area contributed by atoms with E-state index >= 15 is 0 Å². The zero-order valence-electron chi connectivity index (χ0n) is 20.5. The maximum absolute atomic E-state index is 14.0. The standard InChI is InChI=1S/C28H23F3N2O4S/c1-17-7-10-19(11-8-17)38(35,36)33-14-13-27-22-5-3-4-6-24(22)32(26(34)37-2)16-23(27)20-12-9-18(28(29,30)31)15-21(20)25(27)33/h3-12,15-16,25H,13-14H2,1-2H3/t25-,27-/m0/s1. The number of anilines is 1. The number of hydrogen-bond acceptors (Lipinski definition) is 4. The van der Waals surface area contributed by atoms with Crippen molar-refractivity contribution in [1.29, 1.82) is 0 Å². The van der Waals surface area contributed by atoms with E-state index in [1.165, 1.54) is 34.5 Å². The van der Waals surface area contributed by atoms with Gasteiger partial charge in [-0.15, -0.1) is 0 Å². The van der Waals surface area contributed by atoms with Crippen LogP contribution in [0.25, 0.3) is 5.57 Å². The Morgan fingerprint density at radius 2 is 1.76 bits per heavy atom. The average Bonchev–Trinajstić information content (AvgIpc) is 3.41. The summed E-state index contributed by atoms with van der Waals surface area (Å²) in [6.07, 6.45) is -3.35. The van der Waals surface area contributed by atoms with Crippen molar-refractivity contribution in [2.75, 3.05) is 18.6 Å². The molecule has 1 fully saturated rings. The number of benzene rings is 3. The number of aryl methyl sites for hydroxylation is 1. The van der Waals surface area contributed by atoms with Crippen molar-refractivity contribution in [3.05, 3.63) is 101 Å². The molecular weight excluding hydrogens is 517 g/mol. The Morgan fingerprint density at radius 3 is 2.45 bits per heavy atom. The van der Waals surface area contributed by atoms with E-state index in [0.29, 0.717) is 28.8 Å². The third kappa shape index (κ3) is 3.29. The molecule has 0 saturated carbocycles. The first-order valence-electron chi connectivity index (χ1n) is 12.0. The highest BCUT2D eigenvalue weighted by Gasteiger charge is 2.62. The number of alkyl halides is 3. The van der Waals surface area contributed by atoms with Crippen LogP contribution in [0.4, 0.5) is 23.7 Å². The lowest BCUT2D eigenvalue weighted by Crippen LogP contribution is -2.40. The van der Waals surface area contributed by atoms with Crippen molar-refractivity contribution < 1.29 is 31.1 Å². The fourth-order valence-corrected chi connectivity index (χ4v) is 7.83. The van der Waals surface area contributed by atoms with E-state index in [-0.39, 0.29) is 17.0 Å². The predicted molar refractivity (Wildman–Crippen MR) is 135 cm³/mol. The molecule has 2 atom stereocenters. The van der Waals surface area contributed by atoms with Crippen molar-refractivity contribution in [2.24, 2.45) is 0 Å². The van der Waals surface area contributed by atoms with Crippen LogP contribution in [0.3, 0.4) is 0 Å². The maximum Gasteiger partial charge on any atom is 0.418 e. The Balaban J connectivity index is 1.63. The molecule has 2 heterocycles. The smallest absolute Gasteiger partial charge is 0.418 e. The minimum absolute atomic E-state index is 0.0754. The number of hydrogen-bond donors (Lipinski definition) is 0. The lowest BCUT2D eigenvalue weighted by atomic mass is 9.69. The van der Waals surface area contributed by atoms with Gasteiger partial charge in [0, 0.05) is 18.2 Å². The maximum atomic E-state index is 14.0. The summed E-state index contributed by atoms with van der Waals surface area (Å²) in [6, 6.07) is 16.0. The summed E-state index contributed by atoms with van der Waals surface area (Å²) in [4.78, 5) is 14.2. The van der Waals surface area contributed by atoms with E-state index < -0.39 is 39.3 Å². The van der Waals surface area contributed by atoms with E-state index in [9.17, 15) is 26.4 Å². The fraction of sp³-hybridized carbons (Fsp3) is 0.250. The van der Waals surface area contributed by atoms with Crippen LogP contribution in [0.1, 0.15) is 40.3 Å². The molecule has 0 aromatic heterocycles. The van der Waals surface area contributed by atoms with Gasteiger partial charge in [-0.1, -0.05) is 42.0 Å². The number of ether oxygens (including phenoxy) is 1. The molecule has 1 amide bonds. The minimum Gasteiger partial charge on any atom is -0.452 e. The number of methoxy groups -OCH3 is 1. The predicted octanol–water partition coefficient (Wildman–Crippen LogP) is 6.03. The van der Waals surface area contributed by atoms with Gasteiger partial charge in [0.25, 0.3) is 0 Å². The van der Waals surface area contributed by atoms with E-state index in [1.807, 2.05) is 13.0 Å². The molecule has 6 rings (SSSR count). The second kappa shape index (κ2) is 8.18. The molecule has 2 aliphatic heterocycles. The first kappa shape index (κ1) is 24.7. The number of para-hydroxylation sites is 1. The van der Waals surface area contributed by atoms with Gasteiger partial charge in [-0.3, -0.25) is 4.90 Å². The molecule has 0 radical (unpaired) electrons. The third-order valence-electron chi connectivity index (χ3n) is 7.83. The van der Waals surface area contributed by atoms with Gasteiger partial charge >= 0.3 is 12.3 Å². The summed E-state index contributed by atoms with van der Waals surface area (Å²) < 4.78 is 75.8. The number of fused-ring (bicyclic) bond motifs is 4. The first-order valence-corrected chi connectivity index (χ1v) is 13.4. The average molecular weight is 541 g/mol. The minimum atomic E-state index is -4.61. The summed E-state index contributed by atoms with van der Waals surface area (Å²) in [5, 5.41) is 0. The Kier molecular flexibility index (Phi) is 5.32. The van der Waals surface area contributed by atoms with Crippen molar-refractivity contribution >= 4 is 27.4 Å². The quantitative estimate of drug-likeness (QED) is 0.398. The lowest BCUT2D eigenvalue weighted by Gasteiger charge is -2.40. The van der Waals surface area contributed by atoms with Gasteiger partial charge in [0.1, 0.15) is 0 Å². The van der Waals surface area contributed by atoms with Crippen LogP contribution in [-0.2, 0) is 26.4 Å². The molecule has 0 unspecified atom stereocenters. The molecular formula is C28H23F3N2O4S. The molecule has 0 bridgehead atoms. The van der Waals surface area contributed by atoms with E-state index in [2.05, 4.69) is 0 Å². The highest BCUT2D eigenvalue weighted by molar-refractivity contribution is 7.89. The second-order valence-electron chi connectivity index (χ2n) is 9.75. The monoisotopic (exact) mass is 540 g/mol. The molecule has 10 heteroatoms. The second-order valence-corrected chi connectivity index (χ2v) is 11.6. The summed E-state index contributed by atoms with van der Waals surface area (Å²) in [6.45, 7) is 1.94. The molecule has 38 heavy (non-hydrogen) atoms. The number of halogens is 3. The van der Waals surface area contributed by atoms with Crippen LogP contribution < -0.4 is 4.90 Å². The van der Waals surface area contributed by atoms with Gasteiger partial charge in [-0.25, -0.2) is 13.2 Å². The highest BCUT2D eigenvalue weighted by Crippen LogP contribution is 2.66. The summed E-state index contributed by atoms with van der Waals surface area (Å²) in [7, 11) is -2.82. The third-order valence-corrected chi connectivity index (χ3v) is 9.71. The van der Waals surface area contributed by atoms with Gasteiger partial charge in [0.15, 0.2) is 0 Å². The largest absolute Gasteiger partial charge is 0.452 e. The zero-order chi connectivity index (χ0) is 27.0. The molecule has 196 valence electrons. The van der Waals surface area contributed by atoms with Crippen LogP contribution in [-0.4, -0.2) is 32.5 Å². The van der Waals surface area contributed by atoms with Gasteiger partial charge in [-0.05, 0) is 65.9 Å². The Labute approximate surface area is 218 Å². The zero-order valence-corrected chi connectivity index (χ0v) is 21.3. The van der Waals surface area contributed by atoms with Crippen LogP contribution in [0, 0.1) is 6.92 Å². The van der Waals surface area contributed by atoms with Crippen LogP contribution in [0.15, 0.2) is 77.8 Å². The lowest BCUT2D eigenvalue weighted by molar-refractivity contribution is -0.137. The molecule has 1 aliphatic carbocycles. The molecule has 3 aromatic rings. The number of sulfonamides is 1. The van der Waals surface area contributed by atoms with Gasteiger partial charge in [-0.2, -0.15) is 17.5 Å². The Morgan fingerprint density at radius 1 is 1.05 bits per heavy atom. The van der Waals surface area contributed by atoms with Crippen molar-refractivity contribution in [3.63, 3.8) is 0 Å². The normalized spacial score (nSPS) is 22.3. The first-order chi connectivity index (χ1) is 18.0. The van der Waals surface area contributed by atoms with E-state index in [4.69, 9.17) is 4.74 Å². The Bertz CT molecular complexity index is 1620. The SMILES string of the molecule is COC(=O)N1C=C2c3ccc(C(F)(F)F)cc3[C@@H]3N(S(=O)(=O)c4ccc(C)cc4)CC[C@]23c2ccccc21. The van der Waals surface area contributed by atoms with Crippen LogP contribution in [0.2, 0.25) is 0 Å². The van der Waals surface area contributed by atoms with Crippen molar-refractivity contribution in [3.8, 4) is 0 Å². The topological polar surface area (TPSA) is 66.9 Å². The molecule has 6 nitrogen and oxygen atoms in total. The fourth-order valence-electron chi connectivity index (χ4n) is 6.18. The molecule has 3 aromatic carbocycles. The van der Waals surface area contributed by atoms with Gasteiger partial charge < -0.3 is 4.74 Å². The number of amides is 1. The highest BCUT2D eigenvalue weighted by atomic mass is 32.2. The van der Waals surface area contributed by atoms with E-state index in [0.717, 1.165) is 17.7 Å². The number of carbonyl (C=O) groups excluding carboxylic acids is 1. The molecule has 3 aliphatic rings. The van der Waals surface area contributed by atoms with Crippen LogP contribution in [0.5, 0.6) is 0 Å². The van der Waals surface area contributed by atoms with Gasteiger partial charge in [0.05, 0.1) is 29.3 Å². The summed E-state index contributed by atoms with van der Waals surface area (Å²) in [5.74, 6) is 0. The van der Waals surface area contributed by atoms with Crippen molar-refractivity contribution in [1.82, 2.24) is 4.31 Å². The molecule has 0 N–H and O–H groups in total. The van der Waals surface area contributed by atoms with Gasteiger partial charge in [0.2, 0.25) is 10.0 Å². The summed E-state index contributed by atoms with van der Waals surface area (Å²) >= 11 is 0. The molecule has 1 spiro atoms. The number of nitrogens with zero attached hydrogens (tertiary/aromatic N) is 2. The number of carbonyl (C=O) groups is 1. The summed E-state index contributed by atoms with van der Waals surface area (Å²) in [5.41, 5.74) is 1.56. The van der Waals surface area contributed by atoms with E-state index in [1.54, 1.807) is 36.5 Å². The van der Waals surface area contributed by atoms with Crippen LogP contribution >= 0.6 is 0 Å². The number of rotatable bonds is 2.